The highest BCUT2D eigenvalue weighted by Gasteiger charge is 2.24. The number of ether oxygens (including phenoxy) is 1. The number of aromatic nitrogens is 2. The van der Waals surface area contributed by atoms with E-state index in [9.17, 15) is 0 Å². The molecule has 1 aromatic heterocycles. The molecular weight excluding hydrogens is 256 g/mol. The highest BCUT2D eigenvalue weighted by molar-refractivity contribution is 7.71. The van der Waals surface area contributed by atoms with Gasteiger partial charge in [0.25, 0.3) is 0 Å². The number of hydrogen-bond donors (Lipinski definition) is 1. The topological polar surface area (TPSA) is 37.9 Å². The summed E-state index contributed by atoms with van der Waals surface area (Å²) in [4.78, 5) is 7.84. The number of aromatic amines is 1. The van der Waals surface area contributed by atoms with Gasteiger partial charge < -0.3 is 9.72 Å². The third-order valence-electron chi connectivity index (χ3n) is 3.45. The SMILES string of the molecule is COc1ccc(-c2nc(=S)cc(C3CC3)[nH]2)cc1C. The maximum Gasteiger partial charge on any atom is 0.139 e. The number of benzene rings is 1. The third-order valence-corrected chi connectivity index (χ3v) is 3.66. The van der Waals surface area contributed by atoms with Gasteiger partial charge in [0.2, 0.25) is 0 Å². The van der Waals surface area contributed by atoms with Crippen LogP contribution in [0.15, 0.2) is 24.3 Å². The van der Waals surface area contributed by atoms with E-state index < -0.39 is 0 Å². The molecule has 0 saturated heterocycles. The first-order valence-electron chi connectivity index (χ1n) is 6.43. The summed E-state index contributed by atoms with van der Waals surface area (Å²) in [6.07, 6.45) is 2.49. The van der Waals surface area contributed by atoms with Gasteiger partial charge in [0, 0.05) is 11.3 Å². The quantitative estimate of drug-likeness (QED) is 0.858. The summed E-state index contributed by atoms with van der Waals surface area (Å²) in [5.41, 5.74) is 3.35. The first-order valence-corrected chi connectivity index (χ1v) is 6.84. The van der Waals surface area contributed by atoms with Gasteiger partial charge in [-0.25, -0.2) is 4.98 Å². The van der Waals surface area contributed by atoms with Gasteiger partial charge in [0.1, 0.15) is 16.2 Å². The van der Waals surface area contributed by atoms with Gasteiger partial charge in [0.05, 0.1) is 7.11 Å². The van der Waals surface area contributed by atoms with Crippen LogP contribution >= 0.6 is 12.2 Å². The summed E-state index contributed by atoms with van der Waals surface area (Å²) < 4.78 is 5.94. The molecule has 2 aromatic rings. The highest BCUT2D eigenvalue weighted by atomic mass is 32.1. The second-order valence-electron chi connectivity index (χ2n) is 4.98. The van der Waals surface area contributed by atoms with Crippen LogP contribution in [0.1, 0.15) is 30.0 Å². The molecule has 0 unspecified atom stereocenters. The normalized spacial score (nSPS) is 14.4. The number of rotatable bonds is 3. The van der Waals surface area contributed by atoms with Crippen molar-refractivity contribution in [2.75, 3.05) is 7.11 Å². The van der Waals surface area contributed by atoms with Crippen LogP contribution in [-0.2, 0) is 0 Å². The first kappa shape index (κ1) is 12.4. The van der Waals surface area contributed by atoms with Crippen molar-refractivity contribution in [3.63, 3.8) is 0 Å². The predicted octanol–water partition coefficient (Wildman–Crippen LogP) is 4.00. The minimum Gasteiger partial charge on any atom is -0.496 e. The summed E-state index contributed by atoms with van der Waals surface area (Å²) in [7, 11) is 1.68. The van der Waals surface area contributed by atoms with E-state index in [4.69, 9.17) is 17.0 Å². The monoisotopic (exact) mass is 272 g/mol. The lowest BCUT2D eigenvalue weighted by Gasteiger charge is -2.08. The molecule has 0 spiro atoms. The van der Waals surface area contributed by atoms with Crippen LogP contribution in [0.4, 0.5) is 0 Å². The van der Waals surface area contributed by atoms with Crippen molar-refractivity contribution in [1.82, 2.24) is 9.97 Å². The Bertz CT molecular complexity index is 674. The van der Waals surface area contributed by atoms with Crippen LogP contribution in [0, 0.1) is 11.6 Å². The number of H-pyrrole nitrogens is 1. The van der Waals surface area contributed by atoms with E-state index in [1.165, 1.54) is 18.5 Å². The molecule has 3 nitrogen and oxygen atoms in total. The van der Waals surface area contributed by atoms with E-state index in [0.29, 0.717) is 10.6 Å². The Balaban J connectivity index is 2.06. The standard InChI is InChI=1S/C15H16N2OS/c1-9-7-11(5-6-13(9)18-2)15-16-12(10-3-4-10)8-14(19)17-15/h5-8,10H,3-4H2,1-2H3,(H,16,17,19). The smallest absolute Gasteiger partial charge is 0.139 e. The van der Waals surface area contributed by atoms with Gasteiger partial charge in [-0.05, 0) is 55.5 Å². The number of methoxy groups -OCH3 is 1. The average Bonchev–Trinajstić information content (AvgIpc) is 3.22. The molecule has 0 bridgehead atoms. The Labute approximate surface area is 117 Å². The summed E-state index contributed by atoms with van der Waals surface area (Å²) >= 11 is 5.26. The van der Waals surface area contributed by atoms with E-state index in [-0.39, 0.29) is 0 Å². The van der Waals surface area contributed by atoms with Gasteiger partial charge >= 0.3 is 0 Å². The maximum atomic E-state index is 5.28. The van der Waals surface area contributed by atoms with Crippen molar-refractivity contribution in [3.05, 3.63) is 40.2 Å². The molecule has 0 amide bonds. The summed E-state index contributed by atoms with van der Waals surface area (Å²) in [6.45, 7) is 2.03. The van der Waals surface area contributed by atoms with Crippen molar-refractivity contribution in [1.29, 1.82) is 0 Å². The highest BCUT2D eigenvalue weighted by Crippen LogP contribution is 2.39. The zero-order valence-corrected chi connectivity index (χ0v) is 11.9. The number of nitrogens with one attached hydrogen (secondary N) is 1. The van der Waals surface area contributed by atoms with Crippen molar-refractivity contribution in [3.8, 4) is 17.1 Å². The second kappa shape index (κ2) is 4.78. The molecule has 98 valence electrons. The van der Waals surface area contributed by atoms with E-state index in [1.807, 2.05) is 25.1 Å². The third kappa shape index (κ3) is 2.54. The Morgan fingerprint density at radius 3 is 2.74 bits per heavy atom. The van der Waals surface area contributed by atoms with Gasteiger partial charge in [-0.3, -0.25) is 0 Å². The van der Waals surface area contributed by atoms with E-state index in [2.05, 4.69) is 16.0 Å². The van der Waals surface area contributed by atoms with Gasteiger partial charge in [-0.15, -0.1) is 0 Å². The number of aryl methyl sites for hydroxylation is 1. The van der Waals surface area contributed by atoms with Crippen molar-refractivity contribution < 1.29 is 4.74 Å². The molecule has 1 heterocycles. The van der Waals surface area contributed by atoms with Gasteiger partial charge in [0.15, 0.2) is 0 Å². The minimum absolute atomic E-state index is 0.641. The molecule has 1 aliphatic rings. The predicted molar refractivity (Wildman–Crippen MR) is 78.1 cm³/mol. The molecule has 1 aromatic carbocycles. The Morgan fingerprint density at radius 1 is 1.32 bits per heavy atom. The lowest BCUT2D eigenvalue weighted by atomic mass is 10.1. The molecule has 0 radical (unpaired) electrons. The largest absolute Gasteiger partial charge is 0.496 e. The average molecular weight is 272 g/mol. The molecule has 4 heteroatoms. The molecule has 1 N–H and O–H groups in total. The van der Waals surface area contributed by atoms with E-state index in [0.717, 1.165) is 22.7 Å². The fourth-order valence-corrected chi connectivity index (χ4v) is 2.47. The van der Waals surface area contributed by atoms with E-state index >= 15 is 0 Å². The number of nitrogens with zero attached hydrogens (tertiary/aromatic N) is 1. The van der Waals surface area contributed by atoms with Crippen LogP contribution in [0.2, 0.25) is 0 Å². The van der Waals surface area contributed by atoms with Crippen molar-refractivity contribution in [2.24, 2.45) is 0 Å². The molecule has 0 atom stereocenters. The Hall–Kier alpha value is -1.68. The van der Waals surface area contributed by atoms with Crippen LogP contribution in [0.25, 0.3) is 11.4 Å². The molecule has 0 aliphatic heterocycles. The van der Waals surface area contributed by atoms with Crippen LogP contribution < -0.4 is 4.74 Å². The second-order valence-corrected chi connectivity index (χ2v) is 5.40. The van der Waals surface area contributed by atoms with Gasteiger partial charge in [-0.2, -0.15) is 0 Å². The maximum absolute atomic E-state index is 5.28. The van der Waals surface area contributed by atoms with Crippen molar-refractivity contribution >= 4 is 12.2 Å². The summed E-state index contributed by atoms with van der Waals surface area (Å²) in [6, 6.07) is 8.03. The summed E-state index contributed by atoms with van der Waals surface area (Å²) in [5.74, 6) is 2.38. The van der Waals surface area contributed by atoms with E-state index in [1.54, 1.807) is 7.11 Å². The lowest BCUT2D eigenvalue weighted by Crippen LogP contribution is -1.96. The first-order chi connectivity index (χ1) is 9.17. The molecule has 1 saturated carbocycles. The lowest BCUT2D eigenvalue weighted by molar-refractivity contribution is 0.412. The van der Waals surface area contributed by atoms with Crippen LogP contribution in [0.3, 0.4) is 0 Å². The number of hydrogen-bond acceptors (Lipinski definition) is 3. The molecule has 3 rings (SSSR count). The summed E-state index contributed by atoms with van der Waals surface area (Å²) in [5, 5.41) is 0. The Morgan fingerprint density at radius 2 is 2.11 bits per heavy atom. The van der Waals surface area contributed by atoms with Crippen LogP contribution in [-0.4, -0.2) is 17.1 Å². The van der Waals surface area contributed by atoms with Gasteiger partial charge in [-0.1, -0.05) is 12.2 Å². The molecular formula is C15H16N2OS. The Kier molecular flexibility index (Phi) is 3.11. The fraction of sp³-hybridized carbons (Fsp3) is 0.333. The zero-order valence-electron chi connectivity index (χ0n) is 11.1. The molecule has 19 heavy (non-hydrogen) atoms. The fourth-order valence-electron chi connectivity index (χ4n) is 2.25. The zero-order chi connectivity index (χ0) is 13.4. The minimum atomic E-state index is 0.641. The van der Waals surface area contributed by atoms with Crippen molar-refractivity contribution in [2.45, 2.75) is 25.7 Å². The van der Waals surface area contributed by atoms with Crippen LogP contribution in [0.5, 0.6) is 5.75 Å². The molecule has 1 aliphatic carbocycles. The molecule has 1 fully saturated rings.